The molecule has 1 aliphatic rings. The van der Waals surface area contributed by atoms with Crippen LogP contribution < -0.4 is 14.5 Å². The van der Waals surface area contributed by atoms with E-state index in [0.717, 1.165) is 38.3 Å². The highest BCUT2D eigenvalue weighted by Crippen LogP contribution is 2.21. The van der Waals surface area contributed by atoms with Crippen LogP contribution in [0.15, 0.2) is 42.6 Å². The van der Waals surface area contributed by atoms with E-state index in [4.69, 9.17) is 0 Å². The molecule has 1 saturated heterocycles. The largest absolute Gasteiger partial charge is 0.368 e. The predicted octanol–water partition coefficient (Wildman–Crippen LogP) is 2.09. The number of rotatable bonds is 4. The molecule has 1 aliphatic heterocycles. The molecular weight excluding hydrogens is 324 g/mol. The van der Waals surface area contributed by atoms with E-state index in [1.165, 1.54) is 11.3 Å². The zero-order chi connectivity index (χ0) is 17.2. The van der Waals surface area contributed by atoms with E-state index in [1.807, 2.05) is 6.07 Å². The number of hydrogen-bond donors (Lipinski definition) is 1. The number of piperazine rings is 1. The normalized spacial score (nSPS) is 15.4. The Hall–Kier alpha value is -2.28. The van der Waals surface area contributed by atoms with Crippen molar-refractivity contribution < 1.29 is 8.42 Å². The lowest BCUT2D eigenvalue weighted by Crippen LogP contribution is -2.46. The van der Waals surface area contributed by atoms with Crippen LogP contribution in [0.5, 0.6) is 0 Å². The SMILES string of the molecule is Cc1cccc(N2CCN(c3ccc(NS(C)(=O)=O)cn3)CC2)c1. The van der Waals surface area contributed by atoms with Crippen LogP contribution in [0.3, 0.4) is 0 Å². The van der Waals surface area contributed by atoms with E-state index in [0.29, 0.717) is 5.69 Å². The van der Waals surface area contributed by atoms with Gasteiger partial charge in [0.05, 0.1) is 18.1 Å². The van der Waals surface area contributed by atoms with Crippen molar-refractivity contribution in [3.63, 3.8) is 0 Å². The standard InChI is InChI=1S/C17H22N4O2S/c1-14-4-3-5-16(12-14)20-8-10-21(11-9-20)17-7-6-15(13-18-17)19-24(2,22)23/h3-7,12-13,19H,8-11H2,1-2H3. The molecule has 0 atom stereocenters. The van der Waals surface area contributed by atoms with Crippen LogP contribution in [0.2, 0.25) is 0 Å². The first-order chi connectivity index (χ1) is 11.4. The third-order valence-electron chi connectivity index (χ3n) is 4.02. The van der Waals surface area contributed by atoms with Gasteiger partial charge >= 0.3 is 0 Å². The summed E-state index contributed by atoms with van der Waals surface area (Å²) in [5, 5.41) is 0. The summed E-state index contributed by atoms with van der Waals surface area (Å²) in [6, 6.07) is 12.2. The number of anilines is 3. The number of aromatic nitrogens is 1. The van der Waals surface area contributed by atoms with E-state index < -0.39 is 10.0 Å². The second-order valence-electron chi connectivity index (χ2n) is 6.09. The molecule has 0 saturated carbocycles. The van der Waals surface area contributed by atoms with Gasteiger partial charge in [0.15, 0.2) is 0 Å². The Balaban J connectivity index is 1.62. The highest BCUT2D eigenvalue weighted by Gasteiger charge is 2.18. The number of benzene rings is 1. The summed E-state index contributed by atoms with van der Waals surface area (Å²) >= 11 is 0. The highest BCUT2D eigenvalue weighted by atomic mass is 32.2. The molecule has 1 aromatic heterocycles. The maximum absolute atomic E-state index is 11.2. The molecule has 1 aromatic carbocycles. The summed E-state index contributed by atoms with van der Waals surface area (Å²) in [5.41, 5.74) is 3.01. The summed E-state index contributed by atoms with van der Waals surface area (Å²) in [6.45, 7) is 5.76. The lowest BCUT2D eigenvalue weighted by molar-refractivity contribution is 0.607. The molecule has 0 radical (unpaired) electrons. The molecule has 1 N–H and O–H groups in total. The first-order valence-electron chi connectivity index (χ1n) is 7.91. The summed E-state index contributed by atoms with van der Waals surface area (Å²) in [7, 11) is -3.27. The molecule has 128 valence electrons. The van der Waals surface area contributed by atoms with Gasteiger partial charge in [-0.1, -0.05) is 12.1 Å². The lowest BCUT2D eigenvalue weighted by atomic mass is 10.2. The van der Waals surface area contributed by atoms with Crippen LogP contribution in [0.1, 0.15) is 5.56 Å². The van der Waals surface area contributed by atoms with Gasteiger partial charge in [-0.3, -0.25) is 4.72 Å². The third-order valence-corrected chi connectivity index (χ3v) is 4.63. The average molecular weight is 346 g/mol. The average Bonchev–Trinajstić information content (AvgIpc) is 2.54. The highest BCUT2D eigenvalue weighted by molar-refractivity contribution is 7.92. The molecule has 0 unspecified atom stereocenters. The molecule has 2 heterocycles. The van der Waals surface area contributed by atoms with E-state index in [-0.39, 0.29) is 0 Å². The van der Waals surface area contributed by atoms with Crippen molar-refractivity contribution in [1.82, 2.24) is 4.98 Å². The van der Waals surface area contributed by atoms with E-state index in [2.05, 4.69) is 50.7 Å². The van der Waals surface area contributed by atoms with Gasteiger partial charge < -0.3 is 9.80 Å². The summed E-state index contributed by atoms with van der Waals surface area (Å²) in [4.78, 5) is 8.98. The van der Waals surface area contributed by atoms with Crippen molar-refractivity contribution >= 4 is 27.2 Å². The number of nitrogens with one attached hydrogen (secondary N) is 1. The topological polar surface area (TPSA) is 65.5 Å². The van der Waals surface area contributed by atoms with Gasteiger partial charge in [0.25, 0.3) is 0 Å². The minimum atomic E-state index is -3.27. The fourth-order valence-electron chi connectivity index (χ4n) is 2.87. The Morgan fingerprint density at radius 2 is 1.75 bits per heavy atom. The molecule has 0 spiro atoms. The minimum Gasteiger partial charge on any atom is -0.368 e. The van der Waals surface area contributed by atoms with Crippen molar-refractivity contribution in [2.24, 2.45) is 0 Å². The zero-order valence-corrected chi connectivity index (χ0v) is 14.8. The quantitative estimate of drug-likeness (QED) is 0.918. The van der Waals surface area contributed by atoms with E-state index in [9.17, 15) is 8.42 Å². The molecule has 7 heteroatoms. The zero-order valence-electron chi connectivity index (χ0n) is 13.9. The van der Waals surface area contributed by atoms with Crippen LogP contribution in [-0.4, -0.2) is 45.8 Å². The predicted molar refractivity (Wildman–Crippen MR) is 98.3 cm³/mol. The molecule has 24 heavy (non-hydrogen) atoms. The molecule has 6 nitrogen and oxygen atoms in total. The van der Waals surface area contributed by atoms with Crippen molar-refractivity contribution in [1.29, 1.82) is 0 Å². The summed E-state index contributed by atoms with van der Waals surface area (Å²) < 4.78 is 24.9. The second kappa shape index (κ2) is 6.68. The molecule has 0 bridgehead atoms. The molecule has 3 rings (SSSR count). The monoisotopic (exact) mass is 346 g/mol. The van der Waals surface area contributed by atoms with Crippen LogP contribution in [0.25, 0.3) is 0 Å². The Kier molecular flexibility index (Phi) is 4.62. The second-order valence-corrected chi connectivity index (χ2v) is 7.84. The Bertz CT molecular complexity index is 798. The van der Waals surface area contributed by atoms with Crippen molar-refractivity contribution in [2.75, 3.05) is 47.0 Å². The van der Waals surface area contributed by atoms with Crippen LogP contribution >= 0.6 is 0 Å². The van der Waals surface area contributed by atoms with Gasteiger partial charge in [0, 0.05) is 31.9 Å². The fourth-order valence-corrected chi connectivity index (χ4v) is 3.41. The summed E-state index contributed by atoms with van der Waals surface area (Å²) in [6.07, 6.45) is 2.69. The maximum Gasteiger partial charge on any atom is 0.229 e. The molecule has 1 fully saturated rings. The van der Waals surface area contributed by atoms with Crippen molar-refractivity contribution in [2.45, 2.75) is 6.92 Å². The Morgan fingerprint density at radius 3 is 2.33 bits per heavy atom. The maximum atomic E-state index is 11.2. The van der Waals surface area contributed by atoms with Crippen LogP contribution in [0.4, 0.5) is 17.2 Å². The fraction of sp³-hybridized carbons (Fsp3) is 0.353. The van der Waals surface area contributed by atoms with Crippen molar-refractivity contribution in [3.8, 4) is 0 Å². The van der Waals surface area contributed by atoms with Gasteiger partial charge in [-0.15, -0.1) is 0 Å². The Morgan fingerprint density at radius 1 is 1.04 bits per heavy atom. The van der Waals surface area contributed by atoms with E-state index >= 15 is 0 Å². The smallest absolute Gasteiger partial charge is 0.229 e. The van der Waals surface area contributed by atoms with Crippen LogP contribution in [0, 0.1) is 6.92 Å². The number of hydrogen-bond acceptors (Lipinski definition) is 5. The van der Waals surface area contributed by atoms with Gasteiger partial charge in [-0.25, -0.2) is 13.4 Å². The van der Waals surface area contributed by atoms with Gasteiger partial charge in [0.2, 0.25) is 10.0 Å². The first-order valence-corrected chi connectivity index (χ1v) is 9.80. The third kappa shape index (κ3) is 4.17. The van der Waals surface area contributed by atoms with E-state index in [1.54, 1.807) is 12.3 Å². The molecule has 2 aromatic rings. The van der Waals surface area contributed by atoms with Gasteiger partial charge in [-0.2, -0.15) is 0 Å². The number of aryl methyl sites for hydroxylation is 1. The Labute approximate surface area is 143 Å². The molecule has 0 amide bonds. The van der Waals surface area contributed by atoms with Gasteiger partial charge in [0.1, 0.15) is 5.82 Å². The molecular formula is C17H22N4O2S. The minimum absolute atomic E-state index is 0.486. The van der Waals surface area contributed by atoms with Crippen LogP contribution in [-0.2, 0) is 10.0 Å². The first kappa shape index (κ1) is 16.6. The number of sulfonamides is 1. The molecule has 0 aliphatic carbocycles. The lowest BCUT2D eigenvalue weighted by Gasteiger charge is -2.36. The number of pyridine rings is 1. The summed E-state index contributed by atoms with van der Waals surface area (Å²) in [5.74, 6) is 0.873. The van der Waals surface area contributed by atoms with Crippen molar-refractivity contribution in [3.05, 3.63) is 48.2 Å². The number of nitrogens with zero attached hydrogens (tertiary/aromatic N) is 3. The van der Waals surface area contributed by atoms with Gasteiger partial charge in [-0.05, 0) is 36.8 Å².